The van der Waals surface area contributed by atoms with Crippen LogP contribution in [0.4, 0.5) is 0 Å². The van der Waals surface area contributed by atoms with Crippen molar-refractivity contribution >= 4 is 23.1 Å². The van der Waals surface area contributed by atoms with E-state index in [0.29, 0.717) is 10.9 Å². The molecule has 1 aromatic heterocycles. The van der Waals surface area contributed by atoms with Gasteiger partial charge in [0.1, 0.15) is 0 Å². The number of benzene rings is 2. The molecule has 6 heteroatoms. The van der Waals surface area contributed by atoms with Gasteiger partial charge in [-0.05, 0) is 17.2 Å². The van der Waals surface area contributed by atoms with Gasteiger partial charge in [-0.1, -0.05) is 60.3 Å². The SMILES string of the molecule is NC(=NN=Cc1cccc(-c2cnco2)c1)SCc1ccccc1. The number of rotatable bonds is 5. The molecule has 0 radical (unpaired) electrons. The van der Waals surface area contributed by atoms with Gasteiger partial charge in [0.15, 0.2) is 17.3 Å². The van der Waals surface area contributed by atoms with Crippen molar-refractivity contribution < 1.29 is 4.42 Å². The van der Waals surface area contributed by atoms with Gasteiger partial charge in [0.25, 0.3) is 0 Å². The van der Waals surface area contributed by atoms with E-state index in [1.54, 1.807) is 12.4 Å². The molecule has 2 N–H and O–H groups in total. The summed E-state index contributed by atoms with van der Waals surface area (Å²) < 4.78 is 5.28. The zero-order valence-electron chi connectivity index (χ0n) is 12.9. The highest BCUT2D eigenvalue weighted by atomic mass is 32.2. The van der Waals surface area contributed by atoms with E-state index < -0.39 is 0 Å². The lowest BCUT2D eigenvalue weighted by atomic mass is 10.1. The number of amidine groups is 1. The molecular weight excluding hydrogens is 320 g/mol. The van der Waals surface area contributed by atoms with E-state index in [-0.39, 0.29) is 0 Å². The third kappa shape index (κ3) is 4.57. The predicted molar refractivity (Wildman–Crippen MR) is 98.9 cm³/mol. The van der Waals surface area contributed by atoms with E-state index in [9.17, 15) is 0 Å². The van der Waals surface area contributed by atoms with Crippen molar-refractivity contribution in [3.05, 3.63) is 78.3 Å². The van der Waals surface area contributed by atoms with Crippen molar-refractivity contribution in [1.82, 2.24) is 4.98 Å². The van der Waals surface area contributed by atoms with Crippen molar-refractivity contribution in [2.45, 2.75) is 5.75 Å². The molecule has 0 bridgehead atoms. The molecule has 3 rings (SSSR count). The van der Waals surface area contributed by atoms with Crippen LogP contribution >= 0.6 is 11.8 Å². The molecule has 0 atom stereocenters. The van der Waals surface area contributed by atoms with Gasteiger partial charge in [-0.2, -0.15) is 5.10 Å². The maximum absolute atomic E-state index is 5.87. The highest BCUT2D eigenvalue weighted by molar-refractivity contribution is 8.13. The largest absolute Gasteiger partial charge is 0.444 e. The standard InChI is InChI=1S/C18H16N4OS/c19-18(24-12-14-5-2-1-3-6-14)22-21-10-15-7-4-8-16(9-15)17-11-20-13-23-17/h1-11,13H,12H2,(H2,19,22). The Bertz CT molecular complexity index is 829. The minimum Gasteiger partial charge on any atom is -0.444 e. The zero-order chi connectivity index (χ0) is 16.6. The summed E-state index contributed by atoms with van der Waals surface area (Å²) >= 11 is 1.46. The van der Waals surface area contributed by atoms with Crippen molar-refractivity contribution in [3.63, 3.8) is 0 Å². The number of nitrogens with two attached hydrogens (primary N) is 1. The maximum atomic E-state index is 5.87. The summed E-state index contributed by atoms with van der Waals surface area (Å²) in [6.45, 7) is 0. The molecule has 0 spiro atoms. The Balaban J connectivity index is 1.60. The first-order valence-electron chi connectivity index (χ1n) is 7.33. The zero-order valence-corrected chi connectivity index (χ0v) is 13.7. The van der Waals surface area contributed by atoms with E-state index in [2.05, 4.69) is 27.3 Å². The second-order valence-electron chi connectivity index (χ2n) is 4.95. The fourth-order valence-electron chi connectivity index (χ4n) is 2.04. The Morgan fingerprint density at radius 3 is 2.83 bits per heavy atom. The molecule has 0 unspecified atom stereocenters. The fraction of sp³-hybridized carbons (Fsp3) is 0.0556. The monoisotopic (exact) mass is 336 g/mol. The smallest absolute Gasteiger partial charge is 0.181 e. The summed E-state index contributed by atoms with van der Waals surface area (Å²) in [7, 11) is 0. The van der Waals surface area contributed by atoms with Crippen LogP contribution in [0.5, 0.6) is 0 Å². The molecule has 120 valence electrons. The molecule has 0 amide bonds. The molecule has 24 heavy (non-hydrogen) atoms. The Hall–Kier alpha value is -2.86. The van der Waals surface area contributed by atoms with Crippen LogP contribution in [-0.4, -0.2) is 16.4 Å². The number of thioether (sulfide) groups is 1. The fourth-order valence-corrected chi connectivity index (χ4v) is 2.66. The molecule has 0 aliphatic heterocycles. The van der Waals surface area contributed by atoms with Crippen molar-refractivity contribution in [3.8, 4) is 11.3 Å². The maximum Gasteiger partial charge on any atom is 0.181 e. The van der Waals surface area contributed by atoms with Crippen LogP contribution in [0, 0.1) is 0 Å². The first kappa shape index (κ1) is 16.0. The normalized spacial score (nSPS) is 11.9. The Morgan fingerprint density at radius 1 is 1.17 bits per heavy atom. The number of hydrogen-bond acceptors (Lipinski definition) is 5. The van der Waals surface area contributed by atoms with Crippen LogP contribution < -0.4 is 5.73 Å². The Labute approximate surface area is 144 Å². The van der Waals surface area contributed by atoms with Gasteiger partial charge in [0, 0.05) is 11.3 Å². The number of aromatic nitrogens is 1. The molecule has 0 saturated heterocycles. The average Bonchev–Trinajstić information content (AvgIpc) is 3.16. The highest BCUT2D eigenvalue weighted by Crippen LogP contribution is 2.19. The first-order chi connectivity index (χ1) is 11.8. The van der Waals surface area contributed by atoms with Gasteiger partial charge in [0.2, 0.25) is 0 Å². The summed E-state index contributed by atoms with van der Waals surface area (Å²) in [6.07, 6.45) is 4.74. The summed E-state index contributed by atoms with van der Waals surface area (Å²) in [5.74, 6) is 1.49. The molecule has 5 nitrogen and oxygen atoms in total. The van der Waals surface area contributed by atoms with Gasteiger partial charge in [-0.3, -0.25) is 0 Å². The van der Waals surface area contributed by atoms with E-state index in [1.165, 1.54) is 23.7 Å². The van der Waals surface area contributed by atoms with Crippen LogP contribution in [0.3, 0.4) is 0 Å². The van der Waals surface area contributed by atoms with E-state index in [4.69, 9.17) is 10.2 Å². The van der Waals surface area contributed by atoms with Crippen molar-refractivity contribution in [2.75, 3.05) is 0 Å². The van der Waals surface area contributed by atoms with Crippen LogP contribution in [0.15, 0.2) is 81.8 Å². The van der Waals surface area contributed by atoms with Crippen LogP contribution in [-0.2, 0) is 5.75 Å². The predicted octanol–water partition coefficient (Wildman–Crippen LogP) is 3.92. The third-order valence-electron chi connectivity index (χ3n) is 3.20. The van der Waals surface area contributed by atoms with E-state index >= 15 is 0 Å². The third-order valence-corrected chi connectivity index (χ3v) is 4.05. The van der Waals surface area contributed by atoms with Crippen LogP contribution in [0.1, 0.15) is 11.1 Å². The van der Waals surface area contributed by atoms with Crippen LogP contribution in [0.25, 0.3) is 11.3 Å². The first-order valence-corrected chi connectivity index (χ1v) is 8.32. The van der Waals surface area contributed by atoms with Crippen molar-refractivity contribution in [1.29, 1.82) is 0 Å². The molecule has 0 aliphatic carbocycles. The van der Waals surface area contributed by atoms with Crippen molar-refractivity contribution in [2.24, 2.45) is 15.9 Å². The molecule has 2 aromatic carbocycles. The van der Waals surface area contributed by atoms with Gasteiger partial charge >= 0.3 is 0 Å². The second-order valence-corrected chi connectivity index (χ2v) is 5.94. The average molecular weight is 336 g/mol. The number of nitrogens with zero attached hydrogens (tertiary/aromatic N) is 3. The molecule has 0 fully saturated rings. The number of oxazole rings is 1. The topological polar surface area (TPSA) is 76.8 Å². The lowest BCUT2D eigenvalue weighted by molar-refractivity contribution is 0.572. The molecule has 0 saturated carbocycles. The Kier molecular flexibility index (Phi) is 5.42. The summed E-state index contributed by atoms with van der Waals surface area (Å²) in [6, 6.07) is 17.9. The Morgan fingerprint density at radius 2 is 2.04 bits per heavy atom. The quantitative estimate of drug-likeness (QED) is 0.435. The minimum absolute atomic E-state index is 0.432. The van der Waals surface area contributed by atoms with Gasteiger partial charge in [0.05, 0.1) is 12.4 Å². The summed E-state index contributed by atoms with van der Waals surface area (Å²) in [4.78, 5) is 3.92. The lowest BCUT2D eigenvalue weighted by Gasteiger charge is -1.99. The highest BCUT2D eigenvalue weighted by Gasteiger charge is 2.01. The second kappa shape index (κ2) is 8.12. The van der Waals surface area contributed by atoms with Crippen LogP contribution in [0.2, 0.25) is 0 Å². The van der Waals surface area contributed by atoms with Gasteiger partial charge < -0.3 is 10.2 Å². The number of hydrogen-bond donors (Lipinski definition) is 1. The molecule has 1 heterocycles. The van der Waals surface area contributed by atoms with Gasteiger partial charge in [-0.25, -0.2) is 4.98 Å². The lowest BCUT2D eigenvalue weighted by Crippen LogP contribution is -2.05. The molecular formula is C18H16N4OS. The van der Waals surface area contributed by atoms with E-state index in [0.717, 1.165) is 16.9 Å². The van der Waals surface area contributed by atoms with E-state index in [1.807, 2.05) is 42.5 Å². The summed E-state index contributed by atoms with van der Waals surface area (Å²) in [5.41, 5.74) is 8.91. The molecule has 3 aromatic rings. The molecule has 0 aliphatic rings. The summed E-state index contributed by atoms with van der Waals surface area (Å²) in [5, 5.41) is 8.50. The minimum atomic E-state index is 0.432. The van der Waals surface area contributed by atoms with Gasteiger partial charge in [-0.15, -0.1) is 5.10 Å².